The second-order valence-electron chi connectivity index (χ2n) is 13.3. The Balaban J connectivity index is 1.58. The third-order valence-corrected chi connectivity index (χ3v) is 8.10. The lowest BCUT2D eigenvalue weighted by atomic mass is 9.94. The Hall–Kier alpha value is -4.25. The number of hydrogen-bond donors (Lipinski definition) is 1. The van der Waals surface area contributed by atoms with Gasteiger partial charge < -0.3 is 28.6 Å². The first-order valence-corrected chi connectivity index (χ1v) is 16.4. The van der Waals surface area contributed by atoms with Crippen molar-refractivity contribution in [3.63, 3.8) is 0 Å². The van der Waals surface area contributed by atoms with Gasteiger partial charge in [0.1, 0.15) is 11.4 Å². The van der Waals surface area contributed by atoms with Crippen LogP contribution < -0.4 is 5.32 Å². The van der Waals surface area contributed by atoms with E-state index in [1.807, 2.05) is 81.4 Å². The van der Waals surface area contributed by atoms with Gasteiger partial charge in [-0.25, -0.2) is 4.39 Å². The smallest absolute Gasteiger partial charge is 0.460 e. The van der Waals surface area contributed by atoms with Crippen molar-refractivity contribution in [3.8, 4) is 22.4 Å². The largest absolute Gasteiger partial charge is 0.639 e. The minimum atomic E-state index is -0.936. The van der Waals surface area contributed by atoms with Gasteiger partial charge in [0.2, 0.25) is 0 Å². The molecule has 0 radical (unpaired) electrons. The quantitative estimate of drug-likeness (QED) is 0.129. The Morgan fingerprint density at radius 1 is 0.938 bits per heavy atom. The Morgan fingerprint density at radius 2 is 1.56 bits per heavy atom. The van der Waals surface area contributed by atoms with E-state index in [1.165, 1.54) is 19.2 Å². The van der Waals surface area contributed by atoms with Crippen molar-refractivity contribution >= 4 is 24.9 Å². The molecule has 5 rings (SSSR count). The number of rotatable bonds is 11. The van der Waals surface area contributed by atoms with E-state index in [9.17, 15) is 14.0 Å². The molecule has 1 aliphatic rings. The van der Waals surface area contributed by atoms with Crippen molar-refractivity contribution in [2.24, 2.45) is 0 Å². The van der Waals surface area contributed by atoms with Gasteiger partial charge in [0.25, 0.3) is 5.91 Å². The molecule has 2 unspecified atom stereocenters. The fourth-order valence-electron chi connectivity index (χ4n) is 6.23. The summed E-state index contributed by atoms with van der Waals surface area (Å²) < 4.78 is 39.4. The van der Waals surface area contributed by atoms with Gasteiger partial charge >= 0.3 is 13.3 Å². The first kappa shape index (κ1) is 35.1. The standard InChI is InChI=1S/C38H44BFN2O6/c1-25(2)35-34(37(44)41-29-15-11-8-12-16-29)33(26-13-9-7-10-14-26)36(27-17-19-28(40)20-18-27)42(35)22-21-30-23-31(48-39(45-6)47-30)24-32(43)46-38(3,4)5/h7-20,25,30-31H,21-24H2,1-6H3,(H,41,44). The SMILES string of the molecule is COB1OC(CCn2c(-c3ccc(F)cc3)c(-c3ccccc3)c(C(=O)Nc3ccccc3)c2C(C)C)CC(CC(=O)OC(C)(C)C)O1. The van der Waals surface area contributed by atoms with Gasteiger partial charge in [0.15, 0.2) is 0 Å². The summed E-state index contributed by atoms with van der Waals surface area (Å²) in [7, 11) is 0.561. The molecular formula is C38H44BFN2O6. The molecule has 3 aromatic carbocycles. The maximum Gasteiger partial charge on any atom is 0.639 e. The molecule has 1 fully saturated rings. The molecule has 8 nitrogen and oxygen atoms in total. The number of para-hydroxylation sites is 1. The molecule has 0 saturated carbocycles. The molecule has 1 aromatic heterocycles. The van der Waals surface area contributed by atoms with Gasteiger partial charge in [0, 0.05) is 36.7 Å². The van der Waals surface area contributed by atoms with Crippen LogP contribution in [0.2, 0.25) is 0 Å². The number of halogens is 1. The van der Waals surface area contributed by atoms with Crippen LogP contribution in [0.1, 0.15) is 75.9 Å². The van der Waals surface area contributed by atoms with Crippen LogP contribution in [0.3, 0.4) is 0 Å². The topological polar surface area (TPSA) is 88.0 Å². The average Bonchev–Trinajstić information content (AvgIpc) is 3.39. The van der Waals surface area contributed by atoms with E-state index in [2.05, 4.69) is 23.7 Å². The lowest BCUT2D eigenvalue weighted by Crippen LogP contribution is -2.44. The highest BCUT2D eigenvalue weighted by Gasteiger charge is 2.38. The Bertz CT molecular complexity index is 1690. The molecule has 2 atom stereocenters. The van der Waals surface area contributed by atoms with Crippen molar-refractivity contribution in [2.45, 2.75) is 84.2 Å². The second-order valence-corrected chi connectivity index (χ2v) is 13.3. The molecule has 252 valence electrons. The number of carbonyl (C=O) groups excluding carboxylic acids is 2. The first-order valence-electron chi connectivity index (χ1n) is 16.4. The highest BCUT2D eigenvalue weighted by Crippen LogP contribution is 2.43. The highest BCUT2D eigenvalue weighted by molar-refractivity contribution is 6.36. The van der Waals surface area contributed by atoms with Gasteiger partial charge in [-0.3, -0.25) is 9.59 Å². The zero-order valence-corrected chi connectivity index (χ0v) is 28.5. The minimum absolute atomic E-state index is 0.0552. The third-order valence-electron chi connectivity index (χ3n) is 8.10. The molecule has 1 aliphatic heterocycles. The summed E-state index contributed by atoms with van der Waals surface area (Å²) in [6.07, 6.45) is 0.282. The van der Waals surface area contributed by atoms with Gasteiger partial charge in [-0.1, -0.05) is 62.4 Å². The monoisotopic (exact) mass is 654 g/mol. The minimum Gasteiger partial charge on any atom is -0.460 e. The van der Waals surface area contributed by atoms with E-state index in [4.69, 9.17) is 18.7 Å². The fraction of sp³-hybridized carbons (Fsp3) is 0.368. The zero-order chi connectivity index (χ0) is 34.4. The van der Waals surface area contributed by atoms with Crippen LogP contribution in [0.15, 0.2) is 84.9 Å². The van der Waals surface area contributed by atoms with Crippen LogP contribution in [-0.2, 0) is 30.0 Å². The summed E-state index contributed by atoms with van der Waals surface area (Å²) in [6.45, 7) is 10.1. The number of carbonyl (C=O) groups is 2. The number of nitrogens with zero attached hydrogens (tertiary/aromatic N) is 1. The lowest BCUT2D eigenvalue weighted by molar-refractivity contribution is -0.158. The lowest BCUT2D eigenvalue weighted by Gasteiger charge is -2.33. The molecule has 2 heterocycles. The normalized spacial score (nSPS) is 16.6. The summed E-state index contributed by atoms with van der Waals surface area (Å²) in [4.78, 5) is 27.0. The van der Waals surface area contributed by atoms with Crippen LogP contribution in [0.25, 0.3) is 22.4 Å². The summed E-state index contributed by atoms with van der Waals surface area (Å²) in [5.74, 6) is -0.984. The van der Waals surface area contributed by atoms with Gasteiger partial charge in [-0.05, 0) is 87.1 Å². The molecular weight excluding hydrogens is 610 g/mol. The van der Waals surface area contributed by atoms with Gasteiger partial charge in [-0.2, -0.15) is 0 Å². The number of benzene rings is 3. The van der Waals surface area contributed by atoms with Crippen molar-refractivity contribution in [3.05, 3.63) is 102 Å². The van der Waals surface area contributed by atoms with E-state index >= 15 is 0 Å². The molecule has 48 heavy (non-hydrogen) atoms. The van der Waals surface area contributed by atoms with Crippen molar-refractivity contribution in [2.75, 3.05) is 12.4 Å². The molecule has 1 N–H and O–H groups in total. The summed E-state index contributed by atoms with van der Waals surface area (Å²) in [5, 5.41) is 3.11. The predicted octanol–water partition coefficient (Wildman–Crippen LogP) is 8.26. The van der Waals surface area contributed by atoms with Crippen LogP contribution in [-0.4, -0.2) is 48.7 Å². The van der Waals surface area contributed by atoms with Crippen LogP contribution in [0.4, 0.5) is 10.1 Å². The Kier molecular flexibility index (Phi) is 11.2. The van der Waals surface area contributed by atoms with Crippen molar-refractivity contribution < 1.29 is 32.7 Å². The van der Waals surface area contributed by atoms with Crippen LogP contribution in [0.5, 0.6) is 0 Å². The maximum atomic E-state index is 14.3. The Labute approximate surface area is 282 Å². The number of esters is 1. The Morgan fingerprint density at radius 3 is 2.17 bits per heavy atom. The van der Waals surface area contributed by atoms with E-state index in [0.717, 1.165) is 28.1 Å². The van der Waals surface area contributed by atoms with Gasteiger partial charge in [0.05, 0.1) is 23.8 Å². The molecule has 4 aromatic rings. The first-order chi connectivity index (χ1) is 22.9. The van der Waals surface area contributed by atoms with E-state index in [0.29, 0.717) is 30.6 Å². The van der Waals surface area contributed by atoms with Crippen LogP contribution >= 0.6 is 0 Å². The number of anilines is 1. The molecule has 1 amide bonds. The highest BCUT2D eigenvalue weighted by atomic mass is 19.1. The van der Waals surface area contributed by atoms with E-state index in [-0.39, 0.29) is 36.1 Å². The van der Waals surface area contributed by atoms with Crippen LogP contribution in [0, 0.1) is 5.82 Å². The van der Waals surface area contributed by atoms with Crippen molar-refractivity contribution in [1.29, 1.82) is 0 Å². The summed E-state index contributed by atoms with van der Waals surface area (Å²) in [6, 6.07) is 25.5. The molecule has 0 bridgehead atoms. The zero-order valence-electron chi connectivity index (χ0n) is 28.5. The molecule has 1 saturated heterocycles. The fourth-order valence-corrected chi connectivity index (χ4v) is 6.23. The average molecular weight is 655 g/mol. The number of hydrogen-bond acceptors (Lipinski definition) is 6. The summed E-state index contributed by atoms with van der Waals surface area (Å²) in [5.41, 5.74) is 4.71. The number of amides is 1. The van der Waals surface area contributed by atoms with Crippen molar-refractivity contribution in [1.82, 2.24) is 4.57 Å². The number of ether oxygens (including phenoxy) is 1. The molecule has 0 spiro atoms. The van der Waals surface area contributed by atoms with E-state index in [1.54, 1.807) is 12.1 Å². The third kappa shape index (κ3) is 8.61. The predicted molar refractivity (Wildman–Crippen MR) is 186 cm³/mol. The maximum absolute atomic E-state index is 14.3. The van der Waals surface area contributed by atoms with E-state index < -0.39 is 19.0 Å². The molecule has 0 aliphatic carbocycles. The number of nitrogens with one attached hydrogen (secondary N) is 1. The molecule has 10 heteroatoms. The summed E-state index contributed by atoms with van der Waals surface area (Å²) >= 11 is 0. The number of aromatic nitrogens is 1. The second kappa shape index (κ2) is 15.3. The van der Waals surface area contributed by atoms with Gasteiger partial charge in [-0.15, -0.1) is 0 Å².